The lowest BCUT2D eigenvalue weighted by molar-refractivity contribution is 1.16. The van der Waals surface area contributed by atoms with E-state index in [1.54, 1.807) is 11.3 Å². The van der Waals surface area contributed by atoms with E-state index in [4.69, 9.17) is 9.97 Å². The summed E-state index contributed by atoms with van der Waals surface area (Å²) in [4.78, 5) is 9.95. The molecule has 0 amide bonds. The topological polar surface area (TPSA) is 35.6 Å². The lowest BCUT2D eigenvalue weighted by Crippen LogP contribution is -1.98. The molecule has 0 atom stereocenters. The summed E-state index contributed by atoms with van der Waals surface area (Å²) in [6.07, 6.45) is 1.89. The summed E-state index contributed by atoms with van der Waals surface area (Å²) >= 11 is 1.80. The van der Waals surface area contributed by atoms with Gasteiger partial charge in [-0.05, 0) is 83.9 Å². The van der Waals surface area contributed by atoms with Gasteiger partial charge in [0.15, 0.2) is 0 Å². The molecule has 4 nitrogen and oxygen atoms in total. The zero-order chi connectivity index (χ0) is 37.5. The molecule has 57 heavy (non-hydrogen) atoms. The highest BCUT2D eigenvalue weighted by Crippen LogP contribution is 2.40. The molecule has 5 aromatic heterocycles. The molecule has 0 N–H and O–H groups in total. The maximum atomic E-state index is 5.19. The Morgan fingerprint density at radius 1 is 0.351 bits per heavy atom. The number of rotatable bonds is 5. The van der Waals surface area contributed by atoms with Crippen molar-refractivity contribution in [2.45, 2.75) is 0 Å². The highest BCUT2D eigenvalue weighted by molar-refractivity contribution is 7.25. The Kier molecular flexibility index (Phi) is 7.06. The maximum absolute atomic E-state index is 5.19. The number of nitrogens with zero attached hydrogens (tertiary/aromatic N) is 4. The van der Waals surface area contributed by atoms with Gasteiger partial charge in [-0.2, -0.15) is 0 Å². The molecule has 5 heteroatoms. The molecule has 0 aliphatic heterocycles. The summed E-state index contributed by atoms with van der Waals surface area (Å²) in [5.74, 6) is 0. The second kappa shape index (κ2) is 12.6. The summed E-state index contributed by atoms with van der Waals surface area (Å²) in [5.41, 5.74) is 14.4. The number of hydrogen-bond acceptors (Lipinski definition) is 3. The minimum Gasteiger partial charge on any atom is -0.309 e. The minimum absolute atomic E-state index is 0.943. The zero-order valence-electron chi connectivity index (χ0n) is 30.7. The van der Waals surface area contributed by atoms with Gasteiger partial charge in [0.25, 0.3) is 0 Å². The number of pyridine rings is 2. The first-order valence-electron chi connectivity index (χ1n) is 19.2. The predicted octanol–water partition coefficient (Wildman–Crippen LogP) is 14.0. The first kappa shape index (κ1) is 32.0. The van der Waals surface area contributed by atoms with Crippen LogP contribution in [0.5, 0.6) is 0 Å². The van der Waals surface area contributed by atoms with Crippen molar-refractivity contribution in [1.82, 2.24) is 19.1 Å². The van der Waals surface area contributed by atoms with Gasteiger partial charge in [-0.1, -0.05) is 115 Å². The molecule has 0 radical (unpaired) electrons. The molecule has 12 aromatic rings. The summed E-state index contributed by atoms with van der Waals surface area (Å²) in [5, 5.41) is 6.10. The first-order valence-corrected chi connectivity index (χ1v) is 20.0. The van der Waals surface area contributed by atoms with Crippen molar-refractivity contribution in [3.8, 4) is 45.0 Å². The Balaban J connectivity index is 1.05. The quantitative estimate of drug-likeness (QED) is 0.176. The molecule has 0 bridgehead atoms. The fourth-order valence-corrected chi connectivity index (χ4v) is 9.79. The van der Waals surface area contributed by atoms with Gasteiger partial charge in [0.05, 0.1) is 49.4 Å². The molecule has 0 unspecified atom stereocenters. The van der Waals surface area contributed by atoms with E-state index in [0.717, 1.165) is 50.4 Å². The van der Waals surface area contributed by atoms with Crippen LogP contribution < -0.4 is 0 Å². The van der Waals surface area contributed by atoms with Crippen molar-refractivity contribution >= 4 is 75.3 Å². The lowest BCUT2D eigenvalue weighted by atomic mass is 10.0. The third kappa shape index (κ3) is 5.06. The molecule has 7 aromatic carbocycles. The van der Waals surface area contributed by atoms with Crippen LogP contribution in [0.25, 0.3) is 109 Å². The van der Waals surface area contributed by atoms with Crippen LogP contribution in [0.2, 0.25) is 0 Å². The number of aromatic nitrogens is 4. The fourth-order valence-electron chi connectivity index (χ4n) is 8.74. The van der Waals surface area contributed by atoms with Crippen LogP contribution >= 0.6 is 11.3 Å². The van der Waals surface area contributed by atoms with Gasteiger partial charge in [0.2, 0.25) is 0 Å². The predicted molar refractivity (Wildman–Crippen MR) is 240 cm³/mol. The van der Waals surface area contributed by atoms with E-state index in [9.17, 15) is 0 Å². The number of para-hydroxylation sites is 2. The third-order valence-corrected chi connectivity index (χ3v) is 12.5. The van der Waals surface area contributed by atoms with Gasteiger partial charge in [0.1, 0.15) is 0 Å². The van der Waals surface area contributed by atoms with Gasteiger partial charge < -0.3 is 9.13 Å². The van der Waals surface area contributed by atoms with Crippen molar-refractivity contribution in [2.24, 2.45) is 0 Å². The normalized spacial score (nSPS) is 11.9. The number of benzene rings is 7. The van der Waals surface area contributed by atoms with Crippen molar-refractivity contribution in [3.63, 3.8) is 0 Å². The van der Waals surface area contributed by atoms with Crippen LogP contribution in [0.4, 0.5) is 0 Å². The summed E-state index contributed by atoms with van der Waals surface area (Å²) in [6, 6.07) is 67.8. The van der Waals surface area contributed by atoms with Gasteiger partial charge >= 0.3 is 0 Å². The van der Waals surface area contributed by atoms with E-state index in [1.165, 1.54) is 58.5 Å². The summed E-state index contributed by atoms with van der Waals surface area (Å²) in [7, 11) is 0. The standard InChI is InChI=1S/C52H32N4S/c1-3-12-33(13-4-1)44-31-38(32-45(54-44)34-14-5-2-6-15-34)56-46-18-9-7-16-39(46)41-24-21-36(29-49(41)56)35-22-25-48-42(28-35)40-17-8-10-19-47(40)55(48)37-23-26-50-43(30-37)52-51(57-50)20-11-27-53-52/h1-32H. The number of hydrogen-bond donors (Lipinski definition) is 0. The second-order valence-corrected chi connectivity index (χ2v) is 15.7. The fraction of sp³-hybridized carbons (Fsp3) is 0. The van der Waals surface area contributed by atoms with Crippen LogP contribution in [0, 0.1) is 0 Å². The molecular weight excluding hydrogens is 713 g/mol. The molecule has 0 saturated carbocycles. The van der Waals surface area contributed by atoms with Crippen molar-refractivity contribution < 1.29 is 0 Å². The average Bonchev–Trinajstić information content (AvgIpc) is 3.94. The third-order valence-electron chi connectivity index (χ3n) is 11.4. The second-order valence-electron chi connectivity index (χ2n) is 14.6. The van der Waals surface area contributed by atoms with Gasteiger partial charge in [-0.25, -0.2) is 4.98 Å². The minimum atomic E-state index is 0.943. The van der Waals surface area contributed by atoms with Crippen LogP contribution in [-0.2, 0) is 0 Å². The molecule has 0 spiro atoms. The number of fused-ring (bicyclic) bond motifs is 9. The van der Waals surface area contributed by atoms with Crippen LogP contribution in [0.1, 0.15) is 0 Å². The largest absolute Gasteiger partial charge is 0.309 e. The highest BCUT2D eigenvalue weighted by Gasteiger charge is 2.18. The Morgan fingerprint density at radius 2 is 0.947 bits per heavy atom. The summed E-state index contributed by atoms with van der Waals surface area (Å²) < 4.78 is 7.28. The molecule has 266 valence electrons. The average molecular weight is 745 g/mol. The van der Waals surface area contributed by atoms with Crippen LogP contribution in [0.15, 0.2) is 194 Å². The first-order chi connectivity index (χ1) is 28.2. The van der Waals surface area contributed by atoms with E-state index in [0.29, 0.717) is 0 Å². The Hall–Kier alpha value is -7.34. The van der Waals surface area contributed by atoms with Crippen molar-refractivity contribution in [1.29, 1.82) is 0 Å². The molecule has 0 saturated heterocycles. The lowest BCUT2D eigenvalue weighted by Gasteiger charge is -2.14. The Labute approximate surface area is 332 Å². The van der Waals surface area contributed by atoms with E-state index < -0.39 is 0 Å². The smallest absolute Gasteiger partial charge is 0.0889 e. The van der Waals surface area contributed by atoms with E-state index >= 15 is 0 Å². The van der Waals surface area contributed by atoms with Crippen LogP contribution in [0.3, 0.4) is 0 Å². The molecule has 0 aliphatic carbocycles. The molecular formula is C52H32N4S. The van der Waals surface area contributed by atoms with Crippen molar-refractivity contribution in [3.05, 3.63) is 194 Å². The Bertz CT molecular complexity index is 3460. The maximum Gasteiger partial charge on any atom is 0.0889 e. The zero-order valence-corrected chi connectivity index (χ0v) is 31.5. The van der Waals surface area contributed by atoms with Gasteiger partial charge in [-0.3, -0.25) is 4.98 Å². The monoisotopic (exact) mass is 744 g/mol. The molecule has 5 heterocycles. The van der Waals surface area contributed by atoms with Crippen molar-refractivity contribution in [2.75, 3.05) is 0 Å². The number of thiophene rings is 1. The molecule has 12 rings (SSSR count). The highest BCUT2D eigenvalue weighted by atomic mass is 32.1. The SMILES string of the molecule is c1ccc(-c2cc(-n3c4ccccc4c4ccc(-c5ccc6c(c5)c5ccccc5n6-c5ccc6sc7cccnc7c6c5)cc43)cc(-c3ccccc3)n2)cc1. The summed E-state index contributed by atoms with van der Waals surface area (Å²) in [6.45, 7) is 0. The van der Waals surface area contributed by atoms with E-state index in [1.807, 2.05) is 12.3 Å². The molecule has 0 aliphatic rings. The van der Waals surface area contributed by atoms with Gasteiger partial charge in [-0.15, -0.1) is 11.3 Å². The van der Waals surface area contributed by atoms with Gasteiger partial charge in [0, 0.05) is 54.6 Å². The Morgan fingerprint density at radius 3 is 1.68 bits per heavy atom. The van der Waals surface area contributed by atoms with Crippen LogP contribution in [-0.4, -0.2) is 19.1 Å². The van der Waals surface area contributed by atoms with E-state index in [-0.39, 0.29) is 0 Å². The molecule has 0 fully saturated rings. The van der Waals surface area contributed by atoms with E-state index in [2.05, 4.69) is 191 Å².